The lowest BCUT2D eigenvalue weighted by molar-refractivity contribution is -0.154. The van der Waals surface area contributed by atoms with E-state index in [0.29, 0.717) is 19.4 Å². The van der Waals surface area contributed by atoms with Crippen molar-refractivity contribution >= 4 is 13.8 Å². The molecule has 0 radical (unpaired) electrons. The number of aliphatic hydroxyl groups excluding tert-OH is 2. The summed E-state index contributed by atoms with van der Waals surface area (Å²) in [5.74, 6) is -0.496. The molecule has 0 amide bonds. The Hall–Kier alpha value is -3.40. The highest BCUT2D eigenvalue weighted by Gasteiger charge is 2.26. The van der Waals surface area contributed by atoms with Gasteiger partial charge in [0.1, 0.15) is 12.2 Å². The lowest BCUT2D eigenvalue weighted by Crippen LogP contribution is -2.28. The first-order valence-electron chi connectivity index (χ1n) is 20.2. The monoisotopic (exact) mass is 798 g/mol. The molecule has 0 heterocycles. The number of carbonyl (C=O) groups is 1. The van der Waals surface area contributed by atoms with Crippen LogP contribution in [-0.2, 0) is 27.9 Å². The summed E-state index contributed by atoms with van der Waals surface area (Å²) in [6.45, 7) is 2.90. The molecule has 9 nitrogen and oxygen atoms in total. The molecule has 0 saturated heterocycles. The Morgan fingerprint density at radius 3 is 1.29 bits per heavy atom. The van der Waals surface area contributed by atoms with Crippen LogP contribution in [-0.4, -0.2) is 66.3 Å². The SMILES string of the molecule is CC/C=C\C/C=C\C/C=C\C/C=C\C/C=C\C/C=C\CCC(=O)OC(COCC/C=C\C/C=C\C/C=C\C/C=C\C/C=C\CC)COP(=O)(O)OCC(O)CO. The number of allylic oxidation sites excluding steroid dienone is 21. The summed E-state index contributed by atoms with van der Waals surface area (Å²) in [5.41, 5.74) is 0. The molecular weight excluding hydrogens is 727 g/mol. The molecule has 56 heavy (non-hydrogen) atoms. The number of aliphatic hydroxyl groups is 2. The normalized spacial score (nSPS) is 15.4. The maximum Gasteiger partial charge on any atom is 0.472 e. The summed E-state index contributed by atoms with van der Waals surface area (Å²) in [6.07, 6.45) is 55.9. The third-order valence-corrected chi connectivity index (χ3v) is 8.32. The van der Waals surface area contributed by atoms with Gasteiger partial charge >= 0.3 is 13.8 Å². The van der Waals surface area contributed by atoms with E-state index in [1.165, 1.54) is 0 Å². The smallest absolute Gasteiger partial charge is 0.457 e. The lowest BCUT2D eigenvalue weighted by atomic mass is 10.2. The minimum atomic E-state index is -4.57. The number of hydrogen-bond donors (Lipinski definition) is 3. The molecule has 0 aliphatic rings. The van der Waals surface area contributed by atoms with Crippen LogP contribution in [0, 0.1) is 0 Å². The second-order valence-corrected chi connectivity index (χ2v) is 14.0. The van der Waals surface area contributed by atoms with Gasteiger partial charge in [-0.05, 0) is 83.5 Å². The number of rotatable bonds is 36. The van der Waals surface area contributed by atoms with Crippen LogP contribution < -0.4 is 0 Å². The Labute approximate surface area is 338 Å². The van der Waals surface area contributed by atoms with E-state index in [0.717, 1.165) is 70.6 Å². The number of carbonyl (C=O) groups excluding carboxylic acids is 1. The average Bonchev–Trinajstić information content (AvgIpc) is 3.19. The minimum Gasteiger partial charge on any atom is -0.457 e. The van der Waals surface area contributed by atoms with E-state index in [1.54, 1.807) is 0 Å². The van der Waals surface area contributed by atoms with Gasteiger partial charge in [-0.2, -0.15) is 0 Å². The molecule has 0 rings (SSSR count). The van der Waals surface area contributed by atoms with Crippen molar-refractivity contribution in [1.82, 2.24) is 0 Å². The fourth-order valence-corrected chi connectivity index (χ4v) is 5.17. The van der Waals surface area contributed by atoms with E-state index < -0.39 is 45.8 Å². The number of phosphoric ester groups is 1. The van der Waals surface area contributed by atoms with E-state index in [-0.39, 0.29) is 13.0 Å². The fraction of sp³-hybridized carbons (Fsp3) is 0.500. The summed E-state index contributed by atoms with van der Waals surface area (Å²) < 4.78 is 33.1. The summed E-state index contributed by atoms with van der Waals surface area (Å²) in [6, 6.07) is 0. The van der Waals surface area contributed by atoms with Crippen LogP contribution in [0.3, 0.4) is 0 Å². The van der Waals surface area contributed by atoms with Crippen molar-refractivity contribution in [3.05, 3.63) is 134 Å². The molecule has 0 aromatic rings. The maximum absolute atomic E-state index is 12.6. The van der Waals surface area contributed by atoms with E-state index in [9.17, 15) is 19.4 Å². The second kappa shape index (κ2) is 41.2. The summed E-state index contributed by atoms with van der Waals surface area (Å²) >= 11 is 0. The predicted octanol–water partition coefficient (Wildman–Crippen LogP) is 11.0. The van der Waals surface area contributed by atoms with Crippen molar-refractivity contribution in [3.63, 3.8) is 0 Å². The third-order valence-electron chi connectivity index (χ3n) is 7.36. The summed E-state index contributed by atoms with van der Waals surface area (Å²) in [4.78, 5) is 22.5. The highest BCUT2D eigenvalue weighted by atomic mass is 31.2. The Morgan fingerprint density at radius 2 is 0.893 bits per heavy atom. The zero-order valence-electron chi connectivity index (χ0n) is 34.0. The summed E-state index contributed by atoms with van der Waals surface area (Å²) in [5, 5.41) is 18.3. The van der Waals surface area contributed by atoms with Gasteiger partial charge in [-0.3, -0.25) is 13.8 Å². The topological polar surface area (TPSA) is 132 Å². The Morgan fingerprint density at radius 1 is 0.536 bits per heavy atom. The first kappa shape index (κ1) is 52.6. The van der Waals surface area contributed by atoms with Crippen molar-refractivity contribution in [2.24, 2.45) is 0 Å². The zero-order chi connectivity index (χ0) is 41.1. The van der Waals surface area contributed by atoms with Crippen LogP contribution in [0.1, 0.15) is 104 Å². The van der Waals surface area contributed by atoms with Crippen LogP contribution in [0.25, 0.3) is 0 Å². The molecule has 0 fully saturated rings. The maximum atomic E-state index is 12.6. The molecule has 0 aromatic heterocycles. The third kappa shape index (κ3) is 40.3. The molecule has 0 bridgehead atoms. The minimum absolute atomic E-state index is 0.0460. The van der Waals surface area contributed by atoms with Gasteiger partial charge in [-0.25, -0.2) is 4.57 Å². The first-order chi connectivity index (χ1) is 27.3. The average molecular weight is 799 g/mol. The zero-order valence-corrected chi connectivity index (χ0v) is 34.9. The van der Waals surface area contributed by atoms with Crippen molar-refractivity contribution in [1.29, 1.82) is 0 Å². The molecule has 314 valence electrons. The standard InChI is InChI=1S/C46H71O9P/c1-3-5-7-9-11-13-15-17-19-21-22-23-24-26-28-30-32-34-36-38-46(49)55-45(43-54-56(50,51)53-41-44(48)40-47)42-52-39-37-35-33-31-29-27-25-20-18-16-14-12-10-8-6-4-2/h5-8,11-14,17-20,22-23,26-29,32-35,44-45,47-48H,3-4,9-10,15-16,21,24-25,30-31,36-43H2,1-2H3,(H,50,51)/b7-5-,8-6-,13-11-,14-12-,19-17-,20-18-,23-22-,28-26-,29-27-,34-32-,35-33-. The van der Waals surface area contributed by atoms with Gasteiger partial charge in [0.2, 0.25) is 0 Å². The van der Waals surface area contributed by atoms with Gasteiger partial charge in [0, 0.05) is 6.42 Å². The van der Waals surface area contributed by atoms with Crippen molar-refractivity contribution < 1.29 is 43.0 Å². The molecule has 0 spiro atoms. The van der Waals surface area contributed by atoms with E-state index >= 15 is 0 Å². The largest absolute Gasteiger partial charge is 0.472 e. The first-order valence-corrected chi connectivity index (χ1v) is 21.7. The van der Waals surface area contributed by atoms with Crippen molar-refractivity contribution in [2.75, 3.05) is 33.0 Å². The highest BCUT2D eigenvalue weighted by Crippen LogP contribution is 2.43. The van der Waals surface area contributed by atoms with Crippen LogP contribution in [0.2, 0.25) is 0 Å². The molecule has 10 heteroatoms. The number of esters is 1. The van der Waals surface area contributed by atoms with Crippen LogP contribution in [0.5, 0.6) is 0 Å². The molecular formula is C46H71O9P. The van der Waals surface area contributed by atoms with Gasteiger partial charge in [-0.1, -0.05) is 148 Å². The highest BCUT2D eigenvalue weighted by molar-refractivity contribution is 7.47. The van der Waals surface area contributed by atoms with Gasteiger partial charge in [0.15, 0.2) is 0 Å². The Bertz CT molecular complexity index is 1320. The van der Waals surface area contributed by atoms with Crippen LogP contribution in [0.15, 0.2) is 134 Å². The van der Waals surface area contributed by atoms with Crippen LogP contribution >= 0.6 is 7.82 Å². The number of ether oxygens (including phenoxy) is 2. The Balaban J connectivity index is 4.50. The molecule has 0 aliphatic heterocycles. The molecule has 0 saturated carbocycles. The quantitative estimate of drug-likeness (QED) is 0.0245. The lowest BCUT2D eigenvalue weighted by Gasteiger charge is -2.20. The second-order valence-electron chi connectivity index (χ2n) is 12.5. The van der Waals surface area contributed by atoms with Crippen molar-refractivity contribution in [3.8, 4) is 0 Å². The predicted molar refractivity (Wildman–Crippen MR) is 232 cm³/mol. The number of phosphoric acid groups is 1. The molecule has 3 unspecified atom stereocenters. The van der Waals surface area contributed by atoms with E-state index in [4.69, 9.17) is 23.6 Å². The molecule has 0 aromatic carbocycles. The molecule has 3 atom stereocenters. The van der Waals surface area contributed by atoms with E-state index in [2.05, 4.69) is 123 Å². The Kier molecular flexibility index (Phi) is 38.7. The molecule has 0 aliphatic carbocycles. The van der Waals surface area contributed by atoms with Crippen LogP contribution in [0.4, 0.5) is 0 Å². The van der Waals surface area contributed by atoms with Crippen molar-refractivity contribution in [2.45, 2.75) is 116 Å². The van der Waals surface area contributed by atoms with Gasteiger partial charge in [0.25, 0.3) is 0 Å². The molecule has 3 N–H and O–H groups in total. The fourth-order valence-electron chi connectivity index (χ4n) is 4.38. The van der Waals surface area contributed by atoms with Gasteiger partial charge < -0.3 is 24.6 Å². The van der Waals surface area contributed by atoms with Gasteiger partial charge in [-0.15, -0.1) is 0 Å². The number of hydrogen-bond acceptors (Lipinski definition) is 8. The summed E-state index contributed by atoms with van der Waals surface area (Å²) in [7, 11) is -4.57. The van der Waals surface area contributed by atoms with E-state index in [1.807, 2.05) is 24.3 Å². The van der Waals surface area contributed by atoms with Gasteiger partial charge in [0.05, 0.1) is 33.0 Å².